The molecule has 1 heterocycles. The molecule has 4 rings (SSSR count). The van der Waals surface area contributed by atoms with Gasteiger partial charge in [0.15, 0.2) is 8.32 Å². The number of esters is 1. The maximum atomic E-state index is 12.4. The summed E-state index contributed by atoms with van der Waals surface area (Å²) in [5.41, 5.74) is -1.01. The van der Waals surface area contributed by atoms with Gasteiger partial charge in [-0.3, -0.25) is 4.79 Å². The summed E-state index contributed by atoms with van der Waals surface area (Å²) in [5.74, 6) is -0.0632. The number of fused-ring (bicyclic) bond motifs is 1. The van der Waals surface area contributed by atoms with Gasteiger partial charge in [0.05, 0.1) is 17.9 Å². The molecule has 0 aromatic heterocycles. The lowest BCUT2D eigenvalue weighted by Crippen LogP contribution is -2.55. The summed E-state index contributed by atoms with van der Waals surface area (Å²) >= 11 is 0. The average molecular weight is 347 g/mol. The summed E-state index contributed by atoms with van der Waals surface area (Å²) in [6, 6.07) is 0. The van der Waals surface area contributed by atoms with Crippen LogP contribution in [-0.2, 0) is 14.0 Å². The zero-order chi connectivity index (χ0) is 17.8. The van der Waals surface area contributed by atoms with E-state index in [0.717, 1.165) is 6.42 Å². The van der Waals surface area contributed by atoms with E-state index in [0.29, 0.717) is 6.42 Å². The highest BCUT2D eigenvalue weighted by atomic mass is 28.4. The highest BCUT2D eigenvalue weighted by Gasteiger charge is 2.85. The van der Waals surface area contributed by atoms with Crippen molar-refractivity contribution in [1.29, 1.82) is 0 Å². The normalized spacial score (nSPS) is 48.8. The van der Waals surface area contributed by atoms with Crippen LogP contribution in [0.2, 0.25) is 18.1 Å². The van der Waals surface area contributed by atoms with Crippen LogP contribution in [0.25, 0.3) is 0 Å². The van der Waals surface area contributed by atoms with E-state index in [2.05, 4.69) is 72.0 Å². The first-order valence-electron chi connectivity index (χ1n) is 9.13. The van der Waals surface area contributed by atoms with Crippen LogP contribution in [0.5, 0.6) is 0 Å². The fraction of sp³-hybridized carbons (Fsp3) is 0.750. The summed E-state index contributed by atoms with van der Waals surface area (Å²) in [7, 11) is -1.97. The molecule has 0 amide bonds. The summed E-state index contributed by atoms with van der Waals surface area (Å²) in [6.07, 6.45) is 10.3. The Hall–Kier alpha value is -0.873. The molecule has 0 radical (unpaired) electrons. The molecule has 1 saturated carbocycles. The van der Waals surface area contributed by atoms with Crippen molar-refractivity contribution in [1.82, 2.24) is 0 Å². The van der Waals surface area contributed by atoms with Gasteiger partial charge in [0.1, 0.15) is 5.60 Å². The highest BCUT2D eigenvalue weighted by molar-refractivity contribution is 6.74. The summed E-state index contributed by atoms with van der Waals surface area (Å²) < 4.78 is 13.1. The van der Waals surface area contributed by atoms with E-state index < -0.39 is 13.9 Å². The molecule has 4 heteroatoms. The largest absolute Gasteiger partial charge is 0.453 e. The third kappa shape index (κ3) is 1.44. The lowest BCUT2D eigenvalue weighted by atomic mass is 9.54. The van der Waals surface area contributed by atoms with E-state index in [1.165, 1.54) is 0 Å². The second kappa shape index (κ2) is 4.09. The van der Waals surface area contributed by atoms with Crippen molar-refractivity contribution in [2.24, 2.45) is 16.2 Å². The minimum atomic E-state index is -1.97. The Labute approximate surface area is 146 Å². The first kappa shape index (κ1) is 16.6. The second-order valence-corrected chi connectivity index (χ2v) is 15.0. The van der Waals surface area contributed by atoms with Crippen molar-refractivity contribution in [3.05, 3.63) is 24.3 Å². The number of rotatable bonds is 2. The molecular weight excluding hydrogens is 316 g/mol. The minimum Gasteiger partial charge on any atom is -0.453 e. The molecule has 1 aliphatic heterocycles. The number of allylic oxidation sites excluding steroid dienone is 1. The number of ether oxygens (including phenoxy) is 1. The van der Waals surface area contributed by atoms with Gasteiger partial charge in [-0.25, -0.2) is 0 Å². The van der Waals surface area contributed by atoms with Gasteiger partial charge in [0.25, 0.3) is 0 Å². The standard InChI is InChI=1S/C20H30O3Si/c1-16(2,3)24(6,7)23-15-17(4)11-12-18(17,5)20-10-8-9-19(15,20)13-14(21)22-20/h8,10-12,15H,9,13H2,1-7H3/t15-,17-,18-,19+,20-/m0/s1. The Bertz CT molecular complexity index is 687. The Morgan fingerprint density at radius 2 is 1.88 bits per heavy atom. The van der Waals surface area contributed by atoms with Crippen molar-refractivity contribution in [3.8, 4) is 0 Å². The van der Waals surface area contributed by atoms with E-state index in [4.69, 9.17) is 9.16 Å². The van der Waals surface area contributed by atoms with E-state index in [9.17, 15) is 4.79 Å². The molecule has 0 aromatic rings. The molecule has 2 fully saturated rings. The molecule has 0 N–H and O–H groups in total. The predicted octanol–water partition coefficient (Wildman–Crippen LogP) is 4.60. The van der Waals surface area contributed by atoms with Gasteiger partial charge in [0, 0.05) is 10.8 Å². The molecule has 132 valence electrons. The van der Waals surface area contributed by atoms with Crippen molar-refractivity contribution < 1.29 is 14.0 Å². The number of hydrogen-bond acceptors (Lipinski definition) is 3. The maximum Gasteiger partial charge on any atom is 0.307 e. The Kier molecular flexibility index (Phi) is 2.83. The molecule has 5 atom stereocenters. The molecular formula is C20H30O3Si. The first-order chi connectivity index (χ1) is 10.9. The lowest BCUT2D eigenvalue weighted by Gasteiger charge is -2.53. The van der Waals surface area contributed by atoms with Gasteiger partial charge in [-0.2, -0.15) is 0 Å². The second-order valence-electron chi connectivity index (χ2n) is 10.2. The molecule has 1 saturated heterocycles. The molecule has 0 unspecified atom stereocenters. The number of carbonyl (C=O) groups is 1. The quantitative estimate of drug-likeness (QED) is 0.416. The summed E-state index contributed by atoms with van der Waals surface area (Å²) in [6.45, 7) is 16.0. The van der Waals surface area contributed by atoms with Crippen LogP contribution in [0.4, 0.5) is 0 Å². The molecule has 0 aromatic carbocycles. The summed E-state index contributed by atoms with van der Waals surface area (Å²) in [4.78, 5) is 12.4. The zero-order valence-corrected chi connectivity index (χ0v) is 17.0. The predicted molar refractivity (Wildman–Crippen MR) is 97.1 cm³/mol. The number of carbonyl (C=O) groups excluding carboxylic acids is 1. The van der Waals surface area contributed by atoms with E-state index in [-0.39, 0.29) is 33.4 Å². The Morgan fingerprint density at radius 1 is 1.21 bits per heavy atom. The smallest absolute Gasteiger partial charge is 0.307 e. The van der Waals surface area contributed by atoms with Crippen molar-refractivity contribution in [2.45, 2.75) is 77.3 Å². The maximum absolute atomic E-state index is 12.4. The SMILES string of the molecule is CC(C)(C)[Si](C)(C)O[C@@H]1[C@]23CC=C[C@]2(OC(=O)C3)[C@@]2(C)C=C[C@@]12C. The topological polar surface area (TPSA) is 35.5 Å². The third-order valence-corrected chi connectivity index (χ3v) is 12.7. The zero-order valence-electron chi connectivity index (χ0n) is 16.0. The highest BCUT2D eigenvalue weighted by Crippen LogP contribution is 2.79. The van der Waals surface area contributed by atoms with Gasteiger partial charge in [0.2, 0.25) is 0 Å². The van der Waals surface area contributed by atoms with E-state index >= 15 is 0 Å². The van der Waals surface area contributed by atoms with E-state index in [1.807, 2.05) is 0 Å². The molecule has 4 aliphatic rings. The van der Waals surface area contributed by atoms with Gasteiger partial charge in [-0.05, 0) is 30.6 Å². The van der Waals surface area contributed by atoms with Gasteiger partial charge in [-0.1, -0.05) is 52.8 Å². The van der Waals surface area contributed by atoms with Gasteiger partial charge in [-0.15, -0.1) is 0 Å². The van der Waals surface area contributed by atoms with Crippen molar-refractivity contribution >= 4 is 14.3 Å². The van der Waals surface area contributed by atoms with Crippen LogP contribution < -0.4 is 0 Å². The fourth-order valence-corrected chi connectivity index (χ4v) is 6.93. The van der Waals surface area contributed by atoms with Crippen molar-refractivity contribution in [3.63, 3.8) is 0 Å². The monoisotopic (exact) mass is 346 g/mol. The summed E-state index contributed by atoms with van der Waals surface area (Å²) in [5, 5.41) is 0.143. The van der Waals surface area contributed by atoms with Crippen LogP contribution in [0.15, 0.2) is 24.3 Å². The minimum absolute atomic E-state index is 0.0299. The van der Waals surface area contributed by atoms with Crippen molar-refractivity contribution in [2.75, 3.05) is 0 Å². The lowest BCUT2D eigenvalue weighted by molar-refractivity contribution is -0.155. The first-order valence-corrected chi connectivity index (χ1v) is 12.0. The van der Waals surface area contributed by atoms with Crippen LogP contribution in [-0.4, -0.2) is 26.0 Å². The average Bonchev–Trinajstić information content (AvgIpc) is 2.94. The fourth-order valence-electron chi connectivity index (χ4n) is 5.52. The molecule has 0 bridgehead atoms. The molecule has 3 aliphatic carbocycles. The Balaban J connectivity index is 1.86. The molecule has 0 spiro atoms. The molecule has 24 heavy (non-hydrogen) atoms. The third-order valence-electron chi connectivity index (χ3n) is 8.23. The van der Waals surface area contributed by atoms with Crippen LogP contribution in [0.3, 0.4) is 0 Å². The number of hydrogen-bond donors (Lipinski definition) is 0. The van der Waals surface area contributed by atoms with E-state index in [1.54, 1.807) is 0 Å². The van der Waals surface area contributed by atoms with Gasteiger partial charge < -0.3 is 9.16 Å². The molecule has 3 nitrogen and oxygen atoms in total. The van der Waals surface area contributed by atoms with Gasteiger partial charge >= 0.3 is 5.97 Å². The van der Waals surface area contributed by atoms with Crippen LogP contribution >= 0.6 is 0 Å². The Morgan fingerprint density at radius 3 is 2.42 bits per heavy atom. The van der Waals surface area contributed by atoms with Crippen LogP contribution in [0, 0.1) is 16.2 Å². The van der Waals surface area contributed by atoms with Crippen LogP contribution in [0.1, 0.15) is 47.5 Å².